The zero-order chi connectivity index (χ0) is 49.0. The lowest BCUT2D eigenvalue weighted by Gasteiger charge is -2.37. The average molecular weight is 967 g/mol. The normalized spacial score (nSPS) is 33.1. The maximum Gasteiger partial charge on any atom is 0.264 e. The first-order valence-electron chi connectivity index (χ1n) is 22.1. The first-order chi connectivity index (χ1) is 32.2. The highest BCUT2D eigenvalue weighted by Gasteiger charge is 2.67. The van der Waals surface area contributed by atoms with Crippen molar-refractivity contribution < 1.29 is 78.7 Å². The molecule has 11 N–H and O–H groups in total. The van der Waals surface area contributed by atoms with E-state index in [9.17, 15) is 55.5 Å². The molecule has 1 spiro atoms. The van der Waals surface area contributed by atoms with E-state index in [1.807, 2.05) is 30.3 Å². The van der Waals surface area contributed by atoms with E-state index < -0.39 is 117 Å². The summed E-state index contributed by atoms with van der Waals surface area (Å²) in [5, 5.41) is 105. The SMILES string of the molecule is C[C@@H]1[C@@H]([Si](C)(C)F)[C@H](CCn2cc(C(CO)c3ccccc3)nn2)O[C@@]12C(=O)N(Cc1cccc(NC(=O)[C@H]3O[C@@H](O)[C@H](O)[C@@H](O)[C@@H]3O)c1)c1ccc(NC(=O)[C@H]3O[C@@H](O)[C@H](O)[C@@H](O)[C@@H]3O)cc12. The van der Waals surface area contributed by atoms with Crippen LogP contribution in [0.5, 0.6) is 0 Å². The summed E-state index contributed by atoms with van der Waals surface area (Å²) in [5.74, 6) is -3.77. The van der Waals surface area contributed by atoms with Crippen LogP contribution in [0, 0.1) is 5.92 Å². The van der Waals surface area contributed by atoms with E-state index in [-0.39, 0.29) is 43.1 Å². The Morgan fingerprint density at radius 3 is 2.00 bits per heavy atom. The summed E-state index contributed by atoms with van der Waals surface area (Å²) in [6.45, 7) is 4.65. The Kier molecular flexibility index (Phi) is 14.0. The lowest BCUT2D eigenvalue weighted by Crippen LogP contribution is -2.60. The van der Waals surface area contributed by atoms with Gasteiger partial charge in [0.25, 0.3) is 17.7 Å². The quantitative estimate of drug-likeness (QED) is 0.0583. The highest BCUT2D eigenvalue weighted by atomic mass is 28.4. The number of carbonyl (C=O) groups is 3. The van der Waals surface area contributed by atoms with Crippen LogP contribution in [0.1, 0.15) is 41.6 Å². The Labute approximate surface area is 389 Å². The summed E-state index contributed by atoms with van der Waals surface area (Å²) in [5.41, 5.74) is 0.0586. The molecule has 21 nitrogen and oxygen atoms in total. The number of rotatable bonds is 13. The van der Waals surface area contributed by atoms with Crippen LogP contribution in [-0.2, 0) is 47.3 Å². The zero-order valence-corrected chi connectivity index (χ0v) is 38.1. The van der Waals surface area contributed by atoms with Gasteiger partial charge in [0.1, 0.15) is 36.6 Å². The van der Waals surface area contributed by atoms with Gasteiger partial charge in [0, 0.05) is 41.1 Å². The van der Waals surface area contributed by atoms with E-state index in [0.29, 0.717) is 16.9 Å². The van der Waals surface area contributed by atoms with Gasteiger partial charge < -0.3 is 79.8 Å². The second kappa shape index (κ2) is 19.3. The fraction of sp³-hybridized carbons (Fsp3) is 0.489. The zero-order valence-electron chi connectivity index (χ0n) is 37.1. The molecule has 4 aliphatic rings. The molecule has 15 atom stereocenters. The molecule has 3 fully saturated rings. The largest absolute Gasteiger partial charge is 0.395 e. The topological polar surface area (TPSA) is 319 Å². The van der Waals surface area contributed by atoms with Crippen molar-refractivity contribution in [1.29, 1.82) is 0 Å². The highest BCUT2D eigenvalue weighted by molar-refractivity contribution is 6.72. The number of aromatic nitrogens is 3. The summed E-state index contributed by atoms with van der Waals surface area (Å²) < 4.78 is 35.5. The number of nitrogens with zero attached hydrogens (tertiary/aromatic N) is 4. The van der Waals surface area contributed by atoms with Crippen molar-refractivity contribution in [2.45, 2.75) is 124 Å². The third-order valence-electron chi connectivity index (χ3n) is 13.4. The van der Waals surface area contributed by atoms with Crippen molar-refractivity contribution >= 4 is 43.2 Å². The summed E-state index contributed by atoms with van der Waals surface area (Å²) >= 11 is 0. The molecule has 4 aliphatic heterocycles. The van der Waals surface area contributed by atoms with Gasteiger partial charge in [0.15, 0.2) is 30.4 Å². The Morgan fingerprint density at radius 2 is 1.41 bits per heavy atom. The Balaban J connectivity index is 1.10. The molecule has 3 saturated heterocycles. The van der Waals surface area contributed by atoms with Gasteiger partial charge in [-0.15, -0.1) is 5.10 Å². The molecular formula is C45H55FN6O15Si. The van der Waals surface area contributed by atoms with Crippen molar-refractivity contribution in [3.63, 3.8) is 0 Å². The minimum absolute atomic E-state index is 0.0767. The van der Waals surface area contributed by atoms with Gasteiger partial charge in [0.05, 0.1) is 36.6 Å². The van der Waals surface area contributed by atoms with Crippen molar-refractivity contribution in [1.82, 2.24) is 15.0 Å². The number of aryl methyl sites for hydroxylation is 1. The van der Waals surface area contributed by atoms with Gasteiger partial charge in [-0.05, 0) is 61.0 Å². The average Bonchev–Trinajstić information content (AvgIpc) is 3.97. The van der Waals surface area contributed by atoms with Gasteiger partial charge in [-0.25, -0.2) is 0 Å². The number of amides is 3. The summed E-state index contributed by atoms with van der Waals surface area (Å²) in [4.78, 5) is 43.5. The summed E-state index contributed by atoms with van der Waals surface area (Å²) in [6.07, 6.45) is -17.8. The third-order valence-corrected chi connectivity index (χ3v) is 15.9. The molecule has 68 heavy (non-hydrogen) atoms. The lowest BCUT2D eigenvalue weighted by atomic mass is 9.82. The van der Waals surface area contributed by atoms with Crippen LogP contribution in [0.4, 0.5) is 21.2 Å². The van der Waals surface area contributed by atoms with Gasteiger partial charge in [-0.2, -0.15) is 0 Å². The van der Waals surface area contributed by atoms with E-state index in [2.05, 4.69) is 20.9 Å². The number of anilines is 3. The molecule has 366 valence electrons. The maximum absolute atomic E-state index is 16.8. The minimum Gasteiger partial charge on any atom is -0.395 e. The van der Waals surface area contributed by atoms with Gasteiger partial charge in [0.2, 0.25) is 8.41 Å². The molecule has 0 saturated carbocycles. The number of benzene rings is 3. The molecule has 4 aromatic rings. The van der Waals surface area contributed by atoms with Gasteiger partial charge >= 0.3 is 0 Å². The molecule has 23 heteroatoms. The van der Waals surface area contributed by atoms with Crippen molar-refractivity contribution in [3.8, 4) is 0 Å². The molecule has 1 aromatic heterocycles. The number of aliphatic hydroxyl groups is 9. The van der Waals surface area contributed by atoms with Crippen LogP contribution >= 0.6 is 0 Å². The highest BCUT2D eigenvalue weighted by Crippen LogP contribution is 2.60. The fourth-order valence-corrected chi connectivity index (χ4v) is 12.5. The molecule has 8 rings (SSSR count). The Bertz CT molecular complexity index is 2490. The predicted molar refractivity (Wildman–Crippen MR) is 237 cm³/mol. The second-order valence-corrected chi connectivity index (χ2v) is 22.0. The van der Waals surface area contributed by atoms with Crippen molar-refractivity contribution in [2.75, 3.05) is 22.1 Å². The first-order valence-corrected chi connectivity index (χ1v) is 25.1. The Morgan fingerprint density at radius 1 is 0.809 bits per heavy atom. The lowest BCUT2D eigenvalue weighted by molar-refractivity contribution is -0.274. The predicted octanol–water partition coefficient (Wildman–Crippen LogP) is -0.709. The van der Waals surface area contributed by atoms with Crippen LogP contribution in [0.2, 0.25) is 18.6 Å². The standard InChI is InChI=1S/C45H55FN6O15Si/c1-21-39(68(2,3)46)30(14-15-51-19-28(49-50-51)26(20-53)23-9-5-4-6-10-23)67-45(21)27-17-25(48-41(61)38-34(57)32(55)36(59)43(63)66-38)12-13-29(27)52(44(45)64)18-22-8-7-11-24(16-22)47-40(60)37-33(56)31(54)35(58)42(62)65-37/h4-13,16-17,19,21,26,30-39,42-43,53-59,62-63H,14-15,18,20H2,1-3H3,(H,47,60)(H,48,61)/t21-,26?,30+,31+,32+,33+,34+,35-,36-,37+,38+,39-,42-,43-,45+/m1/s1. The number of halogens is 1. The Hall–Kier alpha value is -5.12. The minimum atomic E-state index is -3.70. The molecule has 3 aromatic carbocycles. The van der Waals surface area contributed by atoms with E-state index >= 15 is 8.90 Å². The number of nitrogens with one attached hydrogen (secondary N) is 2. The molecule has 0 aliphatic carbocycles. The van der Waals surface area contributed by atoms with Gasteiger partial charge in [-0.1, -0.05) is 54.6 Å². The third kappa shape index (κ3) is 9.10. The fourth-order valence-electron chi connectivity index (χ4n) is 9.96. The van der Waals surface area contributed by atoms with Crippen molar-refractivity contribution in [2.24, 2.45) is 5.92 Å². The van der Waals surface area contributed by atoms with Crippen LogP contribution in [0.3, 0.4) is 0 Å². The number of ether oxygens (including phenoxy) is 3. The van der Waals surface area contributed by atoms with E-state index in [1.54, 1.807) is 36.0 Å². The van der Waals surface area contributed by atoms with E-state index in [4.69, 9.17) is 14.2 Å². The second-order valence-electron chi connectivity index (χ2n) is 18.3. The molecule has 0 radical (unpaired) electrons. The molecule has 1 unspecified atom stereocenters. The van der Waals surface area contributed by atoms with Crippen LogP contribution in [0.15, 0.2) is 79.0 Å². The van der Waals surface area contributed by atoms with Crippen LogP contribution < -0.4 is 15.5 Å². The molecule has 0 bridgehead atoms. The van der Waals surface area contributed by atoms with Crippen molar-refractivity contribution in [3.05, 3.63) is 101 Å². The number of fused-ring (bicyclic) bond motifs is 2. The first kappa shape index (κ1) is 49.3. The van der Waals surface area contributed by atoms with Gasteiger partial charge in [-0.3, -0.25) is 19.1 Å². The molecule has 3 amide bonds. The number of aliphatic hydroxyl groups excluding tert-OH is 9. The number of hydrogen-bond acceptors (Lipinski definition) is 17. The molecular weight excluding hydrogens is 912 g/mol. The smallest absolute Gasteiger partial charge is 0.264 e. The maximum atomic E-state index is 16.8. The van der Waals surface area contributed by atoms with E-state index in [0.717, 1.165) is 5.56 Å². The number of carbonyl (C=O) groups excluding carboxylic acids is 3. The molecule has 5 heterocycles. The number of hydrogen-bond donors (Lipinski definition) is 11. The monoisotopic (exact) mass is 966 g/mol. The summed E-state index contributed by atoms with van der Waals surface area (Å²) in [7, 11) is -3.70. The van der Waals surface area contributed by atoms with E-state index in [1.165, 1.54) is 42.3 Å². The van der Waals surface area contributed by atoms with Crippen LogP contribution in [-0.4, -0.2) is 161 Å². The summed E-state index contributed by atoms with van der Waals surface area (Å²) in [6, 6.07) is 20.1. The van der Waals surface area contributed by atoms with Crippen LogP contribution in [0.25, 0.3) is 0 Å².